The number of carbonyl (C=O) groups excluding carboxylic acids is 2. The zero-order chi connectivity index (χ0) is 24.0. The summed E-state index contributed by atoms with van der Waals surface area (Å²) in [5.74, 6) is 0.927. The summed E-state index contributed by atoms with van der Waals surface area (Å²) in [5, 5.41) is 13.2. The quantitative estimate of drug-likeness (QED) is 0.266. The summed E-state index contributed by atoms with van der Waals surface area (Å²) in [4.78, 5) is 25.5. The Hall–Kier alpha value is -2.35. The highest BCUT2D eigenvalue weighted by Gasteiger charge is 2.25. The number of ketones is 1. The van der Waals surface area contributed by atoms with E-state index in [4.69, 9.17) is 23.2 Å². The molecule has 0 fully saturated rings. The van der Waals surface area contributed by atoms with Crippen molar-refractivity contribution in [3.8, 4) is 0 Å². The summed E-state index contributed by atoms with van der Waals surface area (Å²) >= 11 is 13.5. The number of nitrogens with zero attached hydrogens (tertiary/aromatic N) is 3. The van der Waals surface area contributed by atoms with E-state index >= 15 is 0 Å². The summed E-state index contributed by atoms with van der Waals surface area (Å²) < 4.78 is 1.94. The Bertz CT molecular complexity index is 1120. The van der Waals surface area contributed by atoms with E-state index in [9.17, 15) is 9.59 Å². The Morgan fingerprint density at radius 2 is 1.82 bits per heavy atom. The smallest absolute Gasteiger partial charge is 0.253 e. The van der Waals surface area contributed by atoms with Crippen molar-refractivity contribution in [2.24, 2.45) is 5.92 Å². The van der Waals surface area contributed by atoms with E-state index in [1.807, 2.05) is 29.7 Å². The maximum Gasteiger partial charge on any atom is 0.253 e. The molecule has 0 bridgehead atoms. The van der Waals surface area contributed by atoms with Gasteiger partial charge in [0.05, 0.1) is 22.4 Å². The molecule has 1 heterocycles. The third-order valence-corrected chi connectivity index (χ3v) is 6.50. The number of nitrogens with one attached hydrogen (secondary N) is 1. The maximum absolute atomic E-state index is 13.0. The van der Waals surface area contributed by atoms with E-state index in [-0.39, 0.29) is 28.5 Å². The summed E-state index contributed by atoms with van der Waals surface area (Å²) in [6.45, 7) is 6.75. The first kappa shape index (κ1) is 25.3. The van der Waals surface area contributed by atoms with Crippen LogP contribution in [0.25, 0.3) is 0 Å². The minimum atomic E-state index is -0.365. The molecule has 3 rings (SSSR count). The summed E-state index contributed by atoms with van der Waals surface area (Å²) in [6, 6.07) is 13.6. The molecule has 9 heteroatoms. The van der Waals surface area contributed by atoms with Gasteiger partial charge < -0.3 is 9.88 Å². The zero-order valence-electron chi connectivity index (χ0n) is 18.7. The van der Waals surface area contributed by atoms with Crippen LogP contribution in [0.2, 0.25) is 10.0 Å². The molecule has 6 nitrogen and oxygen atoms in total. The van der Waals surface area contributed by atoms with Gasteiger partial charge in [-0.1, -0.05) is 79.1 Å². The number of rotatable bonds is 10. The molecule has 0 aliphatic rings. The molecule has 0 aliphatic heterocycles. The van der Waals surface area contributed by atoms with Crippen molar-refractivity contribution in [3.63, 3.8) is 0 Å². The number of amides is 1. The van der Waals surface area contributed by atoms with Crippen molar-refractivity contribution in [2.75, 3.05) is 5.75 Å². The average molecular weight is 505 g/mol. The molecule has 33 heavy (non-hydrogen) atoms. The van der Waals surface area contributed by atoms with Crippen LogP contribution in [0.15, 0.2) is 53.7 Å². The SMILES string of the molecule is CCn1c(SCC(=O)c2ccccc2)nnc1[C@H](CC(C)C)NC(=O)c1ccc(Cl)cc1Cl. The Morgan fingerprint density at radius 3 is 2.45 bits per heavy atom. The lowest BCUT2D eigenvalue weighted by Crippen LogP contribution is -2.31. The van der Waals surface area contributed by atoms with Gasteiger partial charge in [-0.3, -0.25) is 9.59 Å². The molecule has 0 saturated carbocycles. The number of halogens is 2. The number of Topliss-reactive ketones (excluding diaryl/α,β-unsaturated/α-hetero) is 1. The predicted molar refractivity (Wildman–Crippen MR) is 133 cm³/mol. The van der Waals surface area contributed by atoms with E-state index in [2.05, 4.69) is 29.4 Å². The summed E-state index contributed by atoms with van der Waals surface area (Å²) in [5.41, 5.74) is 1.01. The molecule has 0 unspecified atom stereocenters. The second-order valence-electron chi connectivity index (χ2n) is 7.94. The van der Waals surface area contributed by atoms with Crippen LogP contribution in [0.1, 0.15) is 59.8 Å². The standard InChI is InChI=1S/C24H26Cl2N4O2S/c1-4-30-22(28-29-24(30)33-14-21(31)16-8-6-5-7-9-16)20(12-15(2)3)27-23(32)18-11-10-17(25)13-19(18)26/h5-11,13,15,20H,4,12,14H2,1-3H3,(H,27,32)/t20-/m0/s1. The van der Waals surface area contributed by atoms with E-state index in [1.54, 1.807) is 30.3 Å². The highest BCUT2D eigenvalue weighted by Crippen LogP contribution is 2.27. The number of aromatic nitrogens is 3. The molecule has 1 amide bonds. The molecular weight excluding hydrogens is 479 g/mol. The number of thioether (sulfide) groups is 1. The lowest BCUT2D eigenvalue weighted by Gasteiger charge is -2.21. The highest BCUT2D eigenvalue weighted by molar-refractivity contribution is 7.99. The first-order valence-electron chi connectivity index (χ1n) is 10.7. The summed E-state index contributed by atoms with van der Waals surface area (Å²) in [7, 11) is 0. The molecular formula is C24H26Cl2N4O2S. The van der Waals surface area contributed by atoms with Gasteiger partial charge in [-0.15, -0.1) is 10.2 Å². The fraction of sp³-hybridized carbons (Fsp3) is 0.333. The fourth-order valence-electron chi connectivity index (χ4n) is 3.41. The van der Waals surface area contributed by atoms with Crippen LogP contribution in [0.4, 0.5) is 0 Å². The van der Waals surface area contributed by atoms with Crippen molar-refractivity contribution < 1.29 is 9.59 Å². The van der Waals surface area contributed by atoms with Gasteiger partial charge in [-0.25, -0.2) is 0 Å². The number of carbonyl (C=O) groups is 2. The molecule has 0 spiro atoms. The molecule has 0 saturated heterocycles. The predicted octanol–water partition coefficient (Wildman–Crippen LogP) is 6.10. The van der Waals surface area contributed by atoms with E-state index in [0.29, 0.717) is 46.0 Å². The van der Waals surface area contributed by atoms with Crippen molar-refractivity contribution in [1.82, 2.24) is 20.1 Å². The number of hydrogen-bond acceptors (Lipinski definition) is 5. The van der Waals surface area contributed by atoms with Crippen LogP contribution in [-0.2, 0) is 6.54 Å². The van der Waals surface area contributed by atoms with Gasteiger partial charge in [0.25, 0.3) is 5.91 Å². The molecule has 0 aliphatic carbocycles. The van der Waals surface area contributed by atoms with Gasteiger partial charge in [-0.2, -0.15) is 0 Å². The molecule has 1 aromatic heterocycles. The van der Waals surface area contributed by atoms with Gasteiger partial charge in [-0.05, 0) is 37.5 Å². The normalized spacial score (nSPS) is 12.1. The molecule has 2 aromatic carbocycles. The largest absolute Gasteiger partial charge is 0.342 e. The third-order valence-electron chi connectivity index (χ3n) is 4.99. The maximum atomic E-state index is 13.0. The Labute approximate surface area is 208 Å². The minimum Gasteiger partial charge on any atom is -0.342 e. The van der Waals surface area contributed by atoms with Crippen molar-refractivity contribution >= 4 is 46.7 Å². The van der Waals surface area contributed by atoms with Crippen molar-refractivity contribution in [2.45, 2.75) is 44.9 Å². The Kier molecular flexibility index (Phi) is 8.95. The van der Waals surface area contributed by atoms with Gasteiger partial charge in [0.2, 0.25) is 0 Å². The van der Waals surface area contributed by atoms with Gasteiger partial charge >= 0.3 is 0 Å². The first-order valence-corrected chi connectivity index (χ1v) is 12.4. The van der Waals surface area contributed by atoms with Gasteiger partial charge in [0.15, 0.2) is 16.8 Å². The monoisotopic (exact) mass is 504 g/mol. The van der Waals surface area contributed by atoms with E-state index in [0.717, 1.165) is 0 Å². The Morgan fingerprint density at radius 1 is 1.09 bits per heavy atom. The van der Waals surface area contributed by atoms with Crippen LogP contribution >= 0.6 is 35.0 Å². The first-order chi connectivity index (χ1) is 15.8. The minimum absolute atomic E-state index is 0.0252. The molecule has 1 atom stereocenters. The second kappa shape index (κ2) is 11.7. The van der Waals surface area contributed by atoms with Crippen LogP contribution < -0.4 is 5.32 Å². The van der Waals surface area contributed by atoms with Gasteiger partial charge in [0, 0.05) is 17.1 Å². The van der Waals surface area contributed by atoms with Crippen LogP contribution in [0, 0.1) is 5.92 Å². The van der Waals surface area contributed by atoms with E-state index in [1.165, 1.54) is 11.8 Å². The lowest BCUT2D eigenvalue weighted by atomic mass is 10.0. The topological polar surface area (TPSA) is 76.9 Å². The van der Waals surface area contributed by atoms with Crippen LogP contribution in [-0.4, -0.2) is 32.2 Å². The Balaban J connectivity index is 1.80. The number of benzene rings is 2. The second-order valence-corrected chi connectivity index (χ2v) is 9.73. The third kappa shape index (κ3) is 6.59. The van der Waals surface area contributed by atoms with Gasteiger partial charge in [0.1, 0.15) is 0 Å². The average Bonchev–Trinajstić information content (AvgIpc) is 3.20. The summed E-state index contributed by atoms with van der Waals surface area (Å²) in [6.07, 6.45) is 0.669. The zero-order valence-corrected chi connectivity index (χ0v) is 21.0. The molecule has 3 aromatic rings. The van der Waals surface area contributed by atoms with E-state index < -0.39 is 0 Å². The molecule has 174 valence electrons. The number of hydrogen-bond donors (Lipinski definition) is 1. The van der Waals surface area contributed by atoms with Crippen LogP contribution in [0.5, 0.6) is 0 Å². The highest BCUT2D eigenvalue weighted by atomic mass is 35.5. The van der Waals surface area contributed by atoms with Crippen molar-refractivity contribution in [3.05, 3.63) is 75.5 Å². The van der Waals surface area contributed by atoms with Crippen molar-refractivity contribution in [1.29, 1.82) is 0 Å². The fourth-order valence-corrected chi connectivity index (χ4v) is 4.81. The van der Waals surface area contributed by atoms with Crippen LogP contribution in [0.3, 0.4) is 0 Å². The lowest BCUT2D eigenvalue weighted by molar-refractivity contribution is 0.0928. The molecule has 0 radical (unpaired) electrons. The molecule has 1 N–H and O–H groups in total.